The molecule has 1 N–H and O–H groups in total. The van der Waals surface area contributed by atoms with Crippen molar-refractivity contribution in [3.05, 3.63) is 40.7 Å². The molecule has 1 aromatic carbocycles. The molecular weight excluding hydrogens is 302 g/mol. The Labute approximate surface area is 142 Å². The van der Waals surface area contributed by atoms with Crippen molar-refractivity contribution in [3.63, 3.8) is 0 Å². The van der Waals surface area contributed by atoms with Gasteiger partial charge in [-0.3, -0.25) is 9.48 Å². The molecule has 0 spiro atoms. The first-order valence-electron chi connectivity index (χ1n) is 7.82. The zero-order valence-electron chi connectivity index (χ0n) is 15.0. The second-order valence-corrected chi connectivity index (χ2v) is 6.38. The van der Waals surface area contributed by atoms with Crippen molar-refractivity contribution in [2.45, 2.75) is 26.7 Å². The Morgan fingerprint density at radius 3 is 2.50 bits per heavy atom. The average Bonchev–Trinajstić information content (AvgIpc) is 2.89. The molecular formula is C18H23N5O. The maximum atomic E-state index is 12.5. The lowest BCUT2D eigenvalue weighted by molar-refractivity contribution is 0.102. The predicted octanol–water partition coefficient (Wildman–Crippen LogP) is 3.04. The van der Waals surface area contributed by atoms with Crippen molar-refractivity contribution in [3.8, 4) is 6.07 Å². The summed E-state index contributed by atoms with van der Waals surface area (Å²) in [7, 11) is 5.66. The number of carbonyl (C=O) groups excluding carboxylic acids is 1. The largest absolute Gasteiger partial charge is 0.377 e. The van der Waals surface area contributed by atoms with Crippen LogP contribution in [0.25, 0.3) is 0 Å². The fraction of sp³-hybridized carbons (Fsp3) is 0.389. The van der Waals surface area contributed by atoms with E-state index in [0.29, 0.717) is 16.9 Å². The Morgan fingerprint density at radius 2 is 2.00 bits per heavy atom. The van der Waals surface area contributed by atoms with E-state index in [1.165, 1.54) is 0 Å². The number of hydrogen-bond acceptors (Lipinski definition) is 4. The summed E-state index contributed by atoms with van der Waals surface area (Å²) in [6, 6.07) is 7.53. The van der Waals surface area contributed by atoms with E-state index in [9.17, 15) is 10.1 Å². The van der Waals surface area contributed by atoms with Gasteiger partial charge in [0.25, 0.3) is 5.91 Å². The first-order valence-corrected chi connectivity index (χ1v) is 7.82. The summed E-state index contributed by atoms with van der Waals surface area (Å²) in [5.74, 6) is -0.0358. The lowest BCUT2D eigenvalue weighted by atomic mass is 10.1. The molecule has 126 valence electrons. The lowest BCUT2D eigenvalue weighted by Gasteiger charge is -2.17. The molecule has 0 saturated carbocycles. The van der Waals surface area contributed by atoms with Gasteiger partial charge in [-0.15, -0.1) is 0 Å². The monoisotopic (exact) mass is 325 g/mol. The average molecular weight is 325 g/mol. The quantitative estimate of drug-likeness (QED) is 0.937. The lowest BCUT2D eigenvalue weighted by Crippen LogP contribution is -2.15. The van der Waals surface area contributed by atoms with E-state index in [0.717, 1.165) is 16.9 Å². The number of rotatable bonds is 4. The van der Waals surface area contributed by atoms with Crippen LogP contribution in [0.5, 0.6) is 0 Å². The summed E-state index contributed by atoms with van der Waals surface area (Å²) in [6.07, 6.45) is 0. The third-order valence-corrected chi connectivity index (χ3v) is 3.93. The van der Waals surface area contributed by atoms with E-state index >= 15 is 0 Å². The summed E-state index contributed by atoms with van der Waals surface area (Å²) in [5.41, 5.74) is 4.20. The van der Waals surface area contributed by atoms with Gasteiger partial charge in [0.15, 0.2) is 5.69 Å². The fourth-order valence-corrected chi connectivity index (χ4v) is 2.69. The number of aryl methyl sites for hydroxylation is 2. The maximum Gasteiger partial charge on any atom is 0.276 e. The summed E-state index contributed by atoms with van der Waals surface area (Å²) >= 11 is 0. The van der Waals surface area contributed by atoms with Crippen LogP contribution in [0.2, 0.25) is 0 Å². The molecule has 0 aliphatic rings. The van der Waals surface area contributed by atoms with E-state index in [1.807, 2.05) is 39.0 Å². The van der Waals surface area contributed by atoms with Gasteiger partial charge in [-0.05, 0) is 36.6 Å². The first kappa shape index (κ1) is 17.5. The minimum atomic E-state index is -0.314. The highest BCUT2D eigenvalue weighted by Gasteiger charge is 2.17. The molecule has 0 aliphatic heterocycles. The van der Waals surface area contributed by atoms with Crippen LogP contribution in [-0.4, -0.2) is 29.8 Å². The van der Waals surface area contributed by atoms with Crippen molar-refractivity contribution in [2.24, 2.45) is 7.05 Å². The molecule has 0 bridgehead atoms. The highest BCUT2D eigenvalue weighted by atomic mass is 16.1. The number of nitrogens with one attached hydrogen (secondary N) is 1. The van der Waals surface area contributed by atoms with Gasteiger partial charge in [0.05, 0.1) is 11.3 Å². The van der Waals surface area contributed by atoms with E-state index in [1.54, 1.807) is 16.8 Å². The van der Waals surface area contributed by atoms with Crippen LogP contribution in [0.4, 0.5) is 11.4 Å². The summed E-state index contributed by atoms with van der Waals surface area (Å²) in [4.78, 5) is 14.4. The van der Waals surface area contributed by atoms with E-state index in [2.05, 4.69) is 30.3 Å². The van der Waals surface area contributed by atoms with Crippen LogP contribution in [0.1, 0.15) is 47.1 Å². The Balaban J connectivity index is 2.34. The van der Waals surface area contributed by atoms with Crippen molar-refractivity contribution < 1.29 is 4.79 Å². The van der Waals surface area contributed by atoms with Gasteiger partial charge in [-0.2, -0.15) is 10.4 Å². The van der Waals surface area contributed by atoms with Gasteiger partial charge < -0.3 is 10.2 Å². The topological polar surface area (TPSA) is 74.0 Å². The van der Waals surface area contributed by atoms with Gasteiger partial charge in [-0.1, -0.05) is 13.8 Å². The Bertz CT molecular complexity index is 812. The highest BCUT2D eigenvalue weighted by molar-refractivity contribution is 6.03. The van der Waals surface area contributed by atoms with Crippen LogP contribution in [0, 0.1) is 18.3 Å². The minimum absolute atomic E-state index is 0.278. The summed E-state index contributed by atoms with van der Waals surface area (Å²) in [5, 5.41) is 16.5. The molecule has 0 radical (unpaired) electrons. The smallest absolute Gasteiger partial charge is 0.276 e. The van der Waals surface area contributed by atoms with Crippen LogP contribution in [0.3, 0.4) is 0 Å². The van der Waals surface area contributed by atoms with Crippen molar-refractivity contribution in [1.29, 1.82) is 5.26 Å². The van der Waals surface area contributed by atoms with Crippen LogP contribution >= 0.6 is 0 Å². The maximum absolute atomic E-state index is 12.5. The molecule has 1 amide bonds. The normalized spacial score (nSPS) is 10.6. The highest BCUT2D eigenvalue weighted by Crippen LogP contribution is 2.26. The molecule has 0 saturated heterocycles. The number of carbonyl (C=O) groups is 1. The SMILES string of the molecule is Cc1cc(NC(=O)c2cc(C(C)C)n(C)n2)c(C#N)cc1N(C)C. The molecule has 0 fully saturated rings. The first-order chi connectivity index (χ1) is 11.2. The Morgan fingerprint density at radius 1 is 1.33 bits per heavy atom. The van der Waals surface area contributed by atoms with E-state index < -0.39 is 0 Å². The van der Waals surface area contributed by atoms with Gasteiger partial charge in [0, 0.05) is 32.5 Å². The Hall–Kier alpha value is -2.81. The number of nitrogens with zero attached hydrogens (tertiary/aromatic N) is 4. The van der Waals surface area contributed by atoms with E-state index in [4.69, 9.17) is 0 Å². The van der Waals surface area contributed by atoms with E-state index in [-0.39, 0.29) is 11.8 Å². The van der Waals surface area contributed by atoms with Gasteiger partial charge in [-0.25, -0.2) is 0 Å². The standard InChI is InChI=1S/C18H23N5O/c1-11(2)16-9-15(21-23(16)6)18(24)20-14-7-12(3)17(22(4)5)8-13(14)10-19/h7-9,11H,1-6H3,(H,20,24). The molecule has 2 aromatic rings. The second-order valence-electron chi connectivity index (χ2n) is 6.38. The number of benzene rings is 1. The fourth-order valence-electron chi connectivity index (χ4n) is 2.69. The number of anilines is 2. The number of hydrogen-bond donors (Lipinski definition) is 1. The molecule has 0 unspecified atom stereocenters. The molecule has 2 rings (SSSR count). The molecule has 0 atom stereocenters. The van der Waals surface area contributed by atoms with Crippen LogP contribution in [0.15, 0.2) is 18.2 Å². The Kier molecular flexibility index (Phi) is 4.93. The zero-order chi connectivity index (χ0) is 18.0. The van der Waals surface area contributed by atoms with Gasteiger partial charge in [0.2, 0.25) is 0 Å². The third kappa shape index (κ3) is 3.40. The molecule has 1 aromatic heterocycles. The molecule has 6 heteroatoms. The van der Waals surface area contributed by atoms with Crippen LogP contribution < -0.4 is 10.2 Å². The molecule has 24 heavy (non-hydrogen) atoms. The minimum Gasteiger partial charge on any atom is -0.377 e. The van der Waals surface area contributed by atoms with Crippen molar-refractivity contribution in [1.82, 2.24) is 9.78 Å². The number of aromatic nitrogens is 2. The predicted molar refractivity (Wildman–Crippen MR) is 95.5 cm³/mol. The van der Waals surface area contributed by atoms with Crippen molar-refractivity contribution in [2.75, 3.05) is 24.3 Å². The summed E-state index contributed by atoms with van der Waals surface area (Å²) in [6.45, 7) is 6.05. The van der Waals surface area contributed by atoms with Crippen LogP contribution in [-0.2, 0) is 7.05 Å². The van der Waals surface area contributed by atoms with Gasteiger partial charge >= 0.3 is 0 Å². The van der Waals surface area contributed by atoms with Gasteiger partial charge in [0.1, 0.15) is 6.07 Å². The van der Waals surface area contributed by atoms with Crippen molar-refractivity contribution >= 4 is 17.3 Å². The zero-order valence-corrected chi connectivity index (χ0v) is 15.0. The third-order valence-electron chi connectivity index (χ3n) is 3.93. The molecule has 0 aliphatic carbocycles. The molecule has 6 nitrogen and oxygen atoms in total. The molecule has 1 heterocycles. The number of nitriles is 1. The second kappa shape index (κ2) is 6.75. The number of amides is 1. The summed E-state index contributed by atoms with van der Waals surface area (Å²) < 4.78 is 1.71.